The third-order valence-electron chi connectivity index (χ3n) is 2.67. The van der Waals surface area contributed by atoms with Gasteiger partial charge in [0, 0.05) is 16.7 Å². The van der Waals surface area contributed by atoms with Gasteiger partial charge >= 0.3 is 0 Å². The van der Waals surface area contributed by atoms with Crippen molar-refractivity contribution in [2.75, 3.05) is 6.54 Å². The molecule has 0 amide bonds. The Morgan fingerprint density at radius 3 is 2.42 bits per heavy atom. The highest BCUT2D eigenvalue weighted by molar-refractivity contribution is 9.10. The van der Waals surface area contributed by atoms with Gasteiger partial charge in [0.25, 0.3) is 0 Å². The molecule has 2 nitrogen and oxygen atoms in total. The Morgan fingerprint density at radius 1 is 1.21 bits per heavy atom. The van der Waals surface area contributed by atoms with Gasteiger partial charge in [0.1, 0.15) is 11.6 Å². The van der Waals surface area contributed by atoms with Crippen LogP contribution >= 0.6 is 15.9 Å². The molecule has 0 saturated carbocycles. The van der Waals surface area contributed by atoms with Crippen molar-refractivity contribution in [2.45, 2.75) is 13.0 Å². The Balaban J connectivity index is 2.41. The summed E-state index contributed by atoms with van der Waals surface area (Å²) in [5, 5.41) is 3.18. The maximum absolute atomic E-state index is 13.3. The number of nitrogens with one attached hydrogen (secondary N) is 1. The van der Waals surface area contributed by atoms with Gasteiger partial charge in [-0.15, -0.1) is 0 Å². The monoisotopic (exact) mass is 326 g/mol. The highest BCUT2D eigenvalue weighted by Crippen LogP contribution is 2.23. The van der Waals surface area contributed by atoms with Gasteiger partial charge in [-0.1, -0.05) is 6.92 Å². The van der Waals surface area contributed by atoms with Crippen molar-refractivity contribution >= 4 is 15.9 Å². The lowest BCUT2D eigenvalue weighted by molar-refractivity contribution is 0.562. The summed E-state index contributed by atoms with van der Waals surface area (Å²) in [4.78, 5) is 4.28. The minimum absolute atomic E-state index is 0.330. The molecule has 1 unspecified atom stereocenters. The van der Waals surface area contributed by atoms with E-state index in [2.05, 4.69) is 26.2 Å². The highest BCUT2D eigenvalue weighted by atomic mass is 79.9. The summed E-state index contributed by atoms with van der Waals surface area (Å²) in [6, 6.07) is 6.84. The topological polar surface area (TPSA) is 24.9 Å². The van der Waals surface area contributed by atoms with Gasteiger partial charge in [-0.05, 0) is 52.3 Å². The number of hydrogen-bond acceptors (Lipinski definition) is 2. The molecule has 0 aliphatic carbocycles. The number of halogens is 3. The van der Waals surface area contributed by atoms with Crippen LogP contribution in [-0.2, 0) is 0 Å². The van der Waals surface area contributed by atoms with Crippen molar-refractivity contribution in [2.24, 2.45) is 0 Å². The molecule has 1 aromatic carbocycles. The van der Waals surface area contributed by atoms with Crippen LogP contribution in [0.2, 0.25) is 0 Å². The van der Waals surface area contributed by atoms with E-state index in [1.807, 2.05) is 19.1 Å². The Morgan fingerprint density at radius 2 is 1.89 bits per heavy atom. The molecule has 5 heteroatoms. The number of rotatable bonds is 4. The molecule has 1 heterocycles. The van der Waals surface area contributed by atoms with E-state index in [1.54, 1.807) is 6.20 Å². The molecule has 0 bridgehead atoms. The fourth-order valence-electron chi connectivity index (χ4n) is 1.90. The third-order valence-corrected chi connectivity index (χ3v) is 3.14. The SMILES string of the molecule is CCNC(c1cc(F)cc(F)c1)c1ccc(Br)cn1. The molecular weight excluding hydrogens is 314 g/mol. The summed E-state index contributed by atoms with van der Waals surface area (Å²) >= 11 is 3.31. The molecule has 0 aliphatic rings. The Hall–Kier alpha value is -1.33. The Kier molecular flexibility index (Phi) is 4.61. The van der Waals surface area contributed by atoms with Crippen LogP contribution in [0.25, 0.3) is 0 Å². The smallest absolute Gasteiger partial charge is 0.126 e. The second-order valence-corrected chi connectivity index (χ2v) is 5.01. The normalized spacial score (nSPS) is 12.4. The largest absolute Gasteiger partial charge is 0.305 e. The van der Waals surface area contributed by atoms with Crippen molar-refractivity contribution < 1.29 is 8.78 Å². The molecule has 1 N–H and O–H groups in total. The zero-order valence-electron chi connectivity index (χ0n) is 10.3. The first-order valence-corrected chi connectivity index (χ1v) is 6.70. The number of hydrogen-bond donors (Lipinski definition) is 1. The lowest BCUT2D eigenvalue weighted by Crippen LogP contribution is -2.23. The van der Waals surface area contributed by atoms with Crippen molar-refractivity contribution in [3.05, 3.63) is 63.9 Å². The first-order valence-electron chi connectivity index (χ1n) is 5.91. The fraction of sp³-hybridized carbons (Fsp3) is 0.214. The first kappa shape index (κ1) is 14.1. The zero-order chi connectivity index (χ0) is 13.8. The van der Waals surface area contributed by atoms with Crippen LogP contribution in [-0.4, -0.2) is 11.5 Å². The predicted octanol–water partition coefficient (Wildman–Crippen LogP) is 3.82. The number of nitrogens with zero attached hydrogens (tertiary/aromatic N) is 1. The average Bonchev–Trinajstić information content (AvgIpc) is 2.36. The average molecular weight is 327 g/mol. The van der Waals surface area contributed by atoms with Crippen molar-refractivity contribution in [1.29, 1.82) is 0 Å². The van der Waals surface area contributed by atoms with Crippen LogP contribution in [0, 0.1) is 11.6 Å². The van der Waals surface area contributed by atoms with E-state index >= 15 is 0 Å². The lowest BCUT2D eigenvalue weighted by atomic mass is 10.0. The molecule has 1 atom stereocenters. The third kappa shape index (κ3) is 3.58. The molecule has 0 fully saturated rings. The first-order chi connectivity index (χ1) is 9.10. The van der Waals surface area contributed by atoms with Crippen molar-refractivity contribution in [1.82, 2.24) is 10.3 Å². The summed E-state index contributed by atoms with van der Waals surface area (Å²) < 4.78 is 27.5. The molecule has 0 saturated heterocycles. The summed E-state index contributed by atoms with van der Waals surface area (Å²) in [6.45, 7) is 2.60. The van der Waals surface area contributed by atoms with Gasteiger partial charge in [0.15, 0.2) is 0 Å². The lowest BCUT2D eigenvalue weighted by Gasteiger charge is -2.18. The second-order valence-electron chi connectivity index (χ2n) is 4.09. The van der Waals surface area contributed by atoms with Crippen LogP contribution in [0.5, 0.6) is 0 Å². The standard InChI is InChI=1S/C14H13BrF2N2/c1-2-18-14(13-4-3-10(15)8-19-13)9-5-11(16)7-12(17)6-9/h3-8,14,18H,2H2,1H3. The van der Waals surface area contributed by atoms with Crippen molar-refractivity contribution in [3.63, 3.8) is 0 Å². The number of benzene rings is 1. The summed E-state index contributed by atoms with van der Waals surface area (Å²) in [5.41, 5.74) is 1.24. The summed E-state index contributed by atoms with van der Waals surface area (Å²) in [7, 11) is 0. The van der Waals surface area contributed by atoms with E-state index in [4.69, 9.17) is 0 Å². The second kappa shape index (κ2) is 6.21. The molecule has 19 heavy (non-hydrogen) atoms. The maximum Gasteiger partial charge on any atom is 0.126 e. The molecule has 0 radical (unpaired) electrons. The molecular formula is C14H13BrF2N2. The fourth-order valence-corrected chi connectivity index (χ4v) is 2.13. The van der Waals surface area contributed by atoms with Gasteiger partial charge < -0.3 is 5.32 Å². The highest BCUT2D eigenvalue weighted by Gasteiger charge is 2.16. The summed E-state index contributed by atoms with van der Waals surface area (Å²) in [5.74, 6) is -1.18. The zero-order valence-corrected chi connectivity index (χ0v) is 11.9. The Bertz CT molecular complexity index is 538. The van der Waals surface area contributed by atoms with E-state index < -0.39 is 11.6 Å². The van der Waals surface area contributed by atoms with E-state index in [-0.39, 0.29) is 6.04 Å². The van der Waals surface area contributed by atoms with Gasteiger partial charge in [-0.25, -0.2) is 8.78 Å². The maximum atomic E-state index is 13.3. The van der Waals surface area contributed by atoms with Gasteiger partial charge in [0.05, 0.1) is 11.7 Å². The molecule has 0 spiro atoms. The predicted molar refractivity (Wildman–Crippen MR) is 73.8 cm³/mol. The molecule has 2 aromatic rings. The molecule has 100 valence electrons. The van der Waals surface area contributed by atoms with E-state index in [0.29, 0.717) is 12.1 Å². The van der Waals surface area contributed by atoms with Gasteiger partial charge in [0.2, 0.25) is 0 Å². The van der Waals surface area contributed by atoms with Gasteiger partial charge in [-0.2, -0.15) is 0 Å². The number of pyridine rings is 1. The minimum atomic E-state index is -0.588. The van der Waals surface area contributed by atoms with E-state index in [1.165, 1.54) is 12.1 Å². The Labute approximate surface area is 119 Å². The van der Waals surface area contributed by atoms with Crippen LogP contribution in [0.15, 0.2) is 41.0 Å². The van der Waals surface area contributed by atoms with Crippen LogP contribution in [0.4, 0.5) is 8.78 Å². The quantitative estimate of drug-likeness (QED) is 0.923. The summed E-state index contributed by atoms with van der Waals surface area (Å²) in [6.07, 6.45) is 1.66. The van der Waals surface area contributed by atoms with Crippen LogP contribution in [0.1, 0.15) is 24.2 Å². The number of aromatic nitrogens is 1. The van der Waals surface area contributed by atoms with Gasteiger partial charge in [-0.3, -0.25) is 4.98 Å². The molecule has 0 aliphatic heterocycles. The van der Waals surface area contributed by atoms with Crippen LogP contribution in [0.3, 0.4) is 0 Å². The van der Waals surface area contributed by atoms with Crippen molar-refractivity contribution in [3.8, 4) is 0 Å². The van der Waals surface area contributed by atoms with E-state index in [9.17, 15) is 8.78 Å². The van der Waals surface area contributed by atoms with E-state index in [0.717, 1.165) is 16.2 Å². The molecule has 2 rings (SSSR count). The van der Waals surface area contributed by atoms with Crippen LogP contribution < -0.4 is 5.32 Å². The molecule has 1 aromatic heterocycles. The minimum Gasteiger partial charge on any atom is -0.305 e.